The topological polar surface area (TPSA) is 12.0 Å². The summed E-state index contributed by atoms with van der Waals surface area (Å²) < 4.78 is 1.17. The van der Waals surface area contributed by atoms with Crippen molar-refractivity contribution in [2.24, 2.45) is 0 Å². The number of benzene rings is 1. The molecule has 0 aromatic heterocycles. The normalized spacial score (nSPS) is 21.1. The average Bonchev–Trinajstić information content (AvgIpc) is 2.36. The number of allylic oxidation sites excluding steroid dienone is 1. The Labute approximate surface area is 125 Å². The lowest BCUT2D eigenvalue weighted by molar-refractivity contribution is 0.554. The molecule has 0 fully saturated rings. The van der Waals surface area contributed by atoms with Crippen LogP contribution in [0.5, 0.6) is 0 Å². The van der Waals surface area contributed by atoms with Crippen LogP contribution in [-0.2, 0) is 0 Å². The summed E-state index contributed by atoms with van der Waals surface area (Å²) in [5, 5.41) is 3.65. The van der Waals surface area contributed by atoms with E-state index in [9.17, 15) is 0 Å². The molecule has 0 bridgehead atoms. The molecule has 0 amide bonds. The van der Waals surface area contributed by atoms with Gasteiger partial charge in [0.1, 0.15) is 0 Å². The molecule has 0 saturated carbocycles. The van der Waals surface area contributed by atoms with Gasteiger partial charge in [-0.25, -0.2) is 0 Å². The minimum absolute atomic E-state index is 0.389. The largest absolute Gasteiger partial charge is 0.307 e. The van der Waals surface area contributed by atoms with Crippen LogP contribution >= 0.6 is 15.9 Å². The van der Waals surface area contributed by atoms with Crippen LogP contribution in [0.3, 0.4) is 0 Å². The molecular formula is C17H24BrN. The number of rotatable bonds is 4. The Morgan fingerprint density at radius 1 is 1.21 bits per heavy atom. The predicted molar refractivity (Wildman–Crippen MR) is 86.3 cm³/mol. The van der Waals surface area contributed by atoms with Crippen molar-refractivity contribution in [2.45, 2.75) is 51.5 Å². The minimum Gasteiger partial charge on any atom is -0.307 e. The third-order valence-electron chi connectivity index (χ3n) is 3.79. The predicted octanol–water partition coefficient (Wildman–Crippen LogP) is 5.38. The van der Waals surface area contributed by atoms with Crippen molar-refractivity contribution in [2.75, 3.05) is 6.54 Å². The van der Waals surface area contributed by atoms with E-state index < -0.39 is 0 Å². The third-order valence-corrected chi connectivity index (χ3v) is 4.28. The first-order valence-corrected chi connectivity index (χ1v) is 8.28. The van der Waals surface area contributed by atoms with Gasteiger partial charge in [-0.05, 0) is 49.9 Å². The molecule has 1 N–H and O–H groups in total. The van der Waals surface area contributed by atoms with Crippen LogP contribution in [0.1, 0.15) is 57.1 Å². The zero-order valence-corrected chi connectivity index (χ0v) is 13.4. The van der Waals surface area contributed by atoms with Gasteiger partial charge >= 0.3 is 0 Å². The molecule has 2 rings (SSSR count). The molecule has 1 nitrogen and oxygen atoms in total. The summed E-state index contributed by atoms with van der Waals surface area (Å²) in [4.78, 5) is 0. The van der Waals surface area contributed by atoms with E-state index in [0.717, 1.165) is 6.54 Å². The molecule has 1 unspecified atom stereocenters. The summed E-state index contributed by atoms with van der Waals surface area (Å²) >= 11 is 3.59. The van der Waals surface area contributed by atoms with Crippen LogP contribution in [-0.4, -0.2) is 6.54 Å². The molecule has 104 valence electrons. The molecule has 0 radical (unpaired) electrons. The summed E-state index contributed by atoms with van der Waals surface area (Å²) in [5.41, 5.74) is 2.96. The monoisotopic (exact) mass is 321 g/mol. The van der Waals surface area contributed by atoms with Gasteiger partial charge in [0.05, 0.1) is 6.04 Å². The van der Waals surface area contributed by atoms with Crippen LogP contribution in [0, 0.1) is 0 Å². The molecule has 19 heavy (non-hydrogen) atoms. The van der Waals surface area contributed by atoms with Crippen molar-refractivity contribution in [1.29, 1.82) is 0 Å². The fourth-order valence-corrected chi connectivity index (χ4v) is 3.25. The maximum atomic E-state index is 3.65. The van der Waals surface area contributed by atoms with Crippen LogP contribution < -0.4 is 5.32 Å². The lowest BCUT2D eigenvalue weighted by Gasteiger charge is -2.24. The van der Waals surface area contributed by atoms with E-state index in [1.807, 2.05) is 0 Å². The van der Waals surface area contributed by atoms with Crippen molar-refractivity contribution >= 4 is 15.9 Å². The van der Waals surface area contributed by atoms with Gasteiger partial charge in [-0.3, -0.25) is 0 Å². The van der Waals surface area contributed by atoms with Gasteiger partial charge in [-0.1, -0.05) is 59.5 Å². The van der Waals surface area contributed by atoms with Gasteiger partial charge in [0.25, 0.3) is 0 Å². The highest BCUT2D eigenvalue weighted by atomic mass is 79.9. The number of halogens is 1. The lowest BCUT2D eigenvalue weighted by atomic mass is 9.91. The van der Waals surface area contributed by atoms with E-state index in [2.05, 4.69) is 58.5 Å². The molecule has 2 heteroatoms. The van der Waals surface area contributed by atoms with Crippen molar-refractivity contribution in [3.63, 3.8) is 0 Å². The molecule has 0 spiro atoms. The first-order valence-electron chi connectivity index (χ1n) is 7.49. The van der Waals surface area contributed by atoms with Crippen LogP contribution in [0.25, 0.3) is 0 Å². The van der Waals surface area contributed by atoms with E-state index in [4.69, 9.17) is 0 Å². The Morgan fingerprint density at radius 3 is 2.84 bits per heavy atom. The molecular weight excluding hydrogens is 298 g/mol. The molecule has 0 heterocycles. The summed E-state index contributed by atoms with van der Waals surface area (Å²) in [5.74, 6) is 0. The van der Waals surface area contributed by atoms with Crippen molar-refractivity contribution in [3.05, 3.63) is 46.0 Å². The zero-order chi connectivity index (χ0) is 13.5. The van der Waals surface area contributed by atoms with Gasteiger partial charge in [-0.15, -0.1) is 0 Å². The second-order valence-electron chi connectivity index (χ2n) is 5.28. The Bertz CT molecular complexity index is 425. The van der Waals surface area contributed by atoms with Gasteiger partial charge < -0.3 is 5.32 Å². The average molecular weight is 322 g/mol. The molecule has 1 aliphatic rings. The molecule has 1 aliphatic carbocycles. The van der Waals surface area contributed by atoms with E-state index in [0.29, 0.717) is 6.04 Å². The van der Waals surface area contributed by atoms with Gasteiger partial charge in [0, 0.05) is 4.47 Å². The highest BCUT2D eigenvalue weighted by molar-refractivity contribution is 9.10. The SMILES string of the molecule is CCNC(/C1=C/CCCCCC1)c1cccc(Br)c1. The Balaban J connectivity index is 2.22. The van der Waals surface area contributed by atoms with E-state index in [1.54, 1.807) is 5.57 Å². The number of hydrogen-bond acceptors (Lipinski definition) is 1. The molecule has 1 aromatic carbocycles. The quantitative estimate of drug-likeness (QED) is 0.734. The molecule has 1 aromatic rings. The van der Waals surface area contributed by atoms with Gasteiger partial charge in [0.15, 0.2) is 0 Å². The van der Waals surface area contributed by atoms with Crippen LogP contribution in [0.2, 0.25) is 0 Å². The standard InChI is InChI=1S/C17H24BrN/c1-2-19-17(15-11-8-12-16(18)13-15)14-9-6-4-3-5-7-10-14/h8-9,11-13,17,19H,2-7,10H2,1H3/b14-9+. The van der Waals surface area contributed by atoms with E-state index >= 15 is 0 Å². The van der Waals surface area contributed by atoms with Crippen LogP contribution in [0.15, 0.2) is 40.4 Å². The number of likely N-dealkylation sites (N-methyl/N-ethyl adjacent to an activating group) is 1. The lowest BCUT2D eigenvalue weighted by Crippen LogP contribution is -2.23. The Kier molecular flexibility index (Phi) is 6.12. The minimum atomic E-state index is 0.389. The molecule has 1 atom stereocenters. The summed E-state index contributed by atoms with van der Waals surface area (Å²) in [6.45, 7) is 3.20. The Morgan fingerprint density at radius 2 is 2.05 bits per heavy atom. The molecule has 0 aliphatic heterocycles. The van der Waals surface area contributed by atoms with E-state index in [-0.39, 0.29) is 0 Å². The smallest absolute Gasteiger partial charge is 0.0536 e. The fourth-order valence-electron chi connectivity index (χ4n) is 2.83. The van der Waals surface area contributed by atoms with Crippen molar-refractivity contribution < 1.29 is 0 Å². The van der Waals surface area contributed by atoms with Crippen molar-refractivity contribution in [1.82, 2.24) is 5.32 Å². The second kappa shape index (κ2) is 7.86. The zero-order valence-electron chi connectivity index (χ0n) is 11.8. The number of hydrogen-bond donors (Lipinski definition) is 1. The Hall–Kier alpha value is -0.600. The number of nitrogens with one attached hydrogen (secondary N) is 1. The molecule has 0 saturated heterocycles. The first-order chi connectivity index (χ1) is 9.31. The van der Waals surface area contributed by atoms with E-state index in [1.165, 1.54) is 48.6 Å². The van der Waals surface area contributed by atoms with Crippen LogP contribution in [0.4, 0.5) is 0 Å². The third kappa shape index (κ3) is 4.47. The fraction of sp³-hybridized carbons (Fsp3) is 0.529. The van der Waals surface area contributed by atoms with Gasteiger partial charge in [0.2, 0.25) is 0 Å². The second-order valence-corrected chi connectivity index (χ2v) is 6.19. The maximum Gasteiger partial charge on any atom is 0.0536 e. The van der Waals surface area contributed by atoms with Crippen molar-refractivity contribution in [3.8, 4) is 0 Å². The summed E-state index contributed by atoms with van der Waals surface area (Å²) in [6, 6.07) is 9.09. The highest BCUT2D eigenvalue weighted by Gasteiger charge is 2.16. The first kappa shape index (κ1) is 14.8. The maximum absolute atomic E-state index is 3.65. The summed E-state index contributed by atoms with van der Waals surface area (Å²) in [6.07, 6.45) is 10.4. The van der Waals surface area contributed by atoms with Gasteiger partial charge in [-0.2, -0.15) is 0 Å². The summed E-state index contributed by atoms with van der Waals surface area (Å²) in [7, 11) is 0. The highest BCUT2D eigenvalue weighted by Crippen LogP contribution is 2.30.